The fraction of sp³-hybridized carbons (Fsp3) is 0.952. The zero-order chi connectivity index (χ0) is 20.9. The summed E-state index contributed by atoms with van der Waals surface area (Å²) in [5.41, 5.74) is 0. The molecule has 162 valence electrons. The van der Waals surface area contributed by atoms with Gasteiger partial charge in [0.25, 0.3) is 0 Å². The van der Waals surface area contributed by atoms with Crippen molar-refractivity contribution in [3.8, 4) is 0 Å². The minimum Gasteiger partial charge on any atom is -0.411 e. The predicted octanol–water partition coefficient (Wildman–Crippen LogP) is 6.17. The molecule has 0 aromatic carbocycles. The molecule has 0 fully saturated rings. The van der Waals surface area contributed by atoms with E-state index >= 15 is 0 Å². The van der Waals surface area contributed by atoms with Gasteiger partial charge in [-0.3, -0.25) is 0 Å². The van der Waals surface area contributed by atoms with E-state index in [2.05, 4.69) is 40.4 Å². The van der Waals surface area contributed by atoms with Crippen LogP contribution in [0.5, 0.6) is 0 Å². The lowest BCUT2D eigenvalue weighted by Crippen LogP contribution is -2.52. The Kier molecular flexibility index (Phi) is 14.0. The largest absolute Gasteiger partial charge is 0.411 e. The Morgan fingerprint density at radius 2 is 1.33 bits per heavy atom. The number of carbonyl (C=O) groups is 1. The van der Waals surface area contributed by atoms with Crippen molar-refractivity contribution in [2.75, 3.05) is 13.9 Å². The first kappa shape index (κ1) is 27.0. The molecule has 0 saturated carbocycles. The molecule has 0 bridgehead atoms. The minimum absolute atomic E-state index is 0.141. The van der Waals surface area contributed by atoms with Crippen LogP contribution in [0.2, 0.25) is 37.8 Å². The summed E-state index contributed by atoms with van der Waals surface area (Å²) in [6, 6.07) is 3.60. The highest BCUT2D eigenvalue weighted by Gasteiger charge is 2.41. The highest BCUT2D eigenvalue weighted by Crippen LogP contribution is 2.32. The Balaban J connectivity index is 5.51. The van der Waals surface area contributed by atoms with Gasteiger partial charge in [0.15, 0.2) is 8.32 Å². The highest BCUT2D eigenvalue weighted by molar-refractivity contribution is 7.04. The van der Waals surface area contributed by atoms with E-state index in [1.54, 1.807) is 7.11 Å². The Morgan fingerprint density at radius 3 is 1.67 bits per heavy atom. The molecule has 2 atom stereocenters. The zero-order valence-electron chi connectivity index (χ0n) is 19.4. The van der Waals surface area contributed by atoms with E-state index in [1.807, 2.05) is 6.92 Å². The Labute approximate surface area is 170 Å². The zero-order valence-corrected chi connectivity index (χ0v) is 21.4. The van der Waals surface area contributed by atoms with E-state index in [9.17, 15) is 4.79 Å². The fourth-order valence-electron chi connectivity index (χ4n) is 3.50. The Morgan fingerprint density at radius 1 is 0.889 bits per heavy atom. The SMILES string of the molecule is CCCC[Si](CCCC)(CCCC)O[C@H](C)[C@H](OCOC)C(=O)[Si](C)(C)C. The van der Waals surface area contributed by atoms with Crippen LogP contribution in [0.25, 0.3) is 0 Å². The molecule has 0 aliphatic heterocycles. The van der Waals surface area contributed by atoms with E-state index in [0.29, 0.717) is 0 Å². The van der Waals surface area contributed by atoms with Crippen LogP contribution < -0.4 is 0 Å². The molecule has 0 aromatic rings. The molecule has 0 radical (unpaired) electrons. The second kappa shape index (κ2) is 14.0. The summed E-state index contributed by atoms with van der Waals surface area (Å²) in [4.78, 5) is 13.1. The molecule has 0 heterocycles. The molecular weight excluding hydrogens is 372 g/mol. The maximum absolute atomic E-state index is 13.1. The van der Waals surface area contributed by atoms with Crippen LogP contribution in [0, 0.1) is 0 Å². The van der Waals surface area contributed by atoms with Crippen LogP contribution >= 0.6 is 0 Å². The van der Waals surface area contributed by atoms with Crippen molar-refractivity contribution in [1.82, 2.24) is 0 Å². The van der Waals surface area contributed by atoms with Crippen LogP contribution in [0.3, 0.4) is 0 Å². The molecule has 6 heteroatoms. The molecule has 0 aliphatic rings. The van der Waals surface area contributed by atoms with Gasteiger partial charge in [-0.2, -0.15) is 0 Å². The van der Waals surface area contributed by atoms with Crippen LogP contribution in [0.15, 0.2) is 0 Å². The molecule has 0 unspecified atom stereocenters. The van der Waals surface area contributed by atoms with Gasteiger partial charge in [-0.15, -0.1) is 0 Å². The van der Waals surface area contributed by atoms with E-state index in [4.69, 9.17) is 13.9 Å². The first-order chi connectivity index (χ1) is 12.7. The van der Waals surface area contributed by atoms with Crippen molar-refractivity contribution < 1.29 is 18.7 Å². The van der Waals surface area contributed by atoms with E-state index < -0.39 is 22.5 Å². The van der Waals surface area contributed by atoms with E-state index in [-0.39, 0.29) is 18.3 Å². The first-order valence-electron chi connectivity index (χ1n) is 11.0. The van der Waals surface area contributed by atoms with Crippen molar-refractivity contribution >= 4 is 21.8 Å². The van der Waals surface area contributed by atoms with Gasteiger partial charge < -0.3 is 18.7 Å². The third-order valence-corrected chi connectivity index (χ3v) is 11.6. The maximum atomic E-state index is 13.1. The number of methoxy groups -OCH3 is 1. The predicted molar refractivity (Wildman–Crippen MR) is 121 cm³/mol. The number of hydrogen-bond acceptors (Lipinski definition) is 4. The van der Waals surface area contributed by atoms with E-state index in [0.717, 1.165) is 0 Å². The van der Waals surface area contributed by atoms with E-state index in [1.165, 1.54) is 56.7 Å². The van der Waals surface area contributed by atoms with Gasteiger partial charge in [-0.25, -0.2) is 0 Å². The standard InChI is InChI=1S/C21H46O4Si2/c1-9-12-15-27(16-13-10-2,17-14-11-3)25-19(4)20(24-18-23-5)21(22)26(6,7)8/h19-20H,9-18H2,1-8H3/t19-,20+/m1/s1. The van der Waals surface area contributed by atoms with Crippen LogP contribution in [0.4, 0.5) is 0 Å². The normalized spacial score (nSPS) is 15.0. The van der Waals surface area contributed by atoms with Gasteiger partial charge in [-0.05, 0) is 25.1 Å². The molecule has 0 saturated heterocycles. The van der Waals surface area contributed by atoms with Crippen LogP contribution in [-0.2, 0) is 18.7 Å². The van der Waals surface area contributed by atoms with Crippen LogP contribution in [-0.4, -0.2) is 47.9 Å². The number of rotatable bonds is 17. The average Bonchev–Trinajstić information content (AvgIpc) is 2.62. The first-order valence-corrected chi connectivity index (χ1v) is 17.0. The Hall–Kier alpha value is -0.0162. The van der Waals surface area contributed by atoms with Crippen molar-refractivity contribution in [3.05, 3.63) is 0 Å². The molecule has 0 aromatic heterocycles. The van der Waals surface area contributed by atoms with Gasteiger partial charge in [0.1, 0.15) is 26.4 Å². The maximum Gasteiger partial charge on any atom is 0.193 e. The molecular formula is C21H46O4Si2. The molecule has 0 aliphatic carbocycles. The van der Waals surface area contributed by atoms with Gasteiger partial charge in [0.05, 0.1) is 6.10 Å². The molecule has 27 heavy (non-hydrogen) atoms. The van der Waals surface area contributed by atoms with Crippen molar-refractivity contribution in [3.63, 3.8) is 0 Å². The molecule has 0 rings (SSSR count). The lowest BCUT2D eigenvalue weighted by atomic mass is 10.2. The number of carbonyl (C=O) groups excluding carboxylic acids is 1. The summed E-state index contributed by atoms with van der Waals surface area (Å²) in [6.45, 7) is 15.2. The highest BCUT2D eigenvalue weighted by atomic mass is 28.4. The Bertz CT molecular complexity index is 374. The number of hydrogen-bond donors (Lipinski definition) is 0. The smallest absolute Gasteiger partial charge is 0.193 e. The second-order valence-corrected chi connectivity index (χ2v) is 18.0. The summed E-state index contributed by atoms with van der Waals surface area (Å²) >= 11 is 0. The molecule has 0 N–H and O–H groups in total. The van der Waals surface area contributed by atoms with Gasteiger partial charge in [-0.1, -0.05) is 78.9 Å². The summed E-state index contributed by atoms with van der Waals surface area (Å²) in [5.74, 6) is 0. The number of unbranched alkanes of at least 4 members (excludes halogenated alkanes) is 3. The van der Waals surface area contributed by atoms with Gasteiger partial charge in [0, 0.05) is 7.11 Å². The van der Waals surface area contributed by atoms with Crippen molar-refractivity contribution in [2.45, 2.75) is 116 Å². The van der Waals surface area contributed by atoms with Gasteiger partial charge >= 0.3 is 0 Å². The summed E-state index contributed by atoms with van der Waals surface area (Å²) in [6.07, 6.45) is 6.55. The molecule has 0 amide bonds. The third-order valence-electron chi connectivity index (χ3n) is 5.18. The quantitative estimate of drug-likeness (QED) is 0.209. The lowest BCUT2D eigenvalue weighted by Gasteiger charge is -2.38. The third kappa shape index (κ3) is 10.4. The van der Waals surface area contributed by atoms with Crippen molar-refractivity contribution in [2.24, 2.45) is 0 Å². The average molecular weight is 419 g/mol. The summed E-state index contributed by atoms with van der Waals surface area (Å²) < 4.78 is 17.8. The number of ether oxygens (including phenoxy) is 2. The minimum atomic E-state index is -1.97. The summed E-state index contributed by atoms with van der Waals surface area (Å²) in [7, 11) is -2.26. The topological polar surface area (TPSA) is 44.8 Å². The molecule has 4 nitrogen and oxygen atoms in total. The summed E-state index contributed by atoms with van der Waals surface area (Å²) in [5, 5.41) is 0.233. The monoisotopic (exact) mass is 418 g/mol. The fourth-order valence-corrected chi connectivity index (χ4v) is 9.68. The van der Waals surface area contributed by atoms with Crippen LogP contribution in [0.1, 0.15) is 66.2 Å². The second-order valence-electron chi connectivity index (χ2n) is 8.92. The molecule has 0 spiro atoms. The van der Waals surface area contributed by atoms with Crippen molar-refractivity contribution in [1.29, 1.82) is 0 Å². The van der Waals surface area contributed by atoms with Gasteiger partial charge in [0.2, 0.25) is 0 Å². The lowest BCUT2D eigenvalue weighted by molar-refractivity contribution is -0.142.